The maximum Gasteiger partial charge on any atom is 0.242 e. The number of halogens is 1. The Morgan fingerprint density at radius 1 is 1.17 bits per heavy atom. The molecule has 0 aromatic heterocycles. The molecule has 1 aromatic rings. The summed E-state index contributed by atoms with van der Waals surface area (Å²) in [4.78, 5) is 30.5. The lowest BCUT2D eigenvalue weighted by Gasteiger charge is -2.40. The Bertz CT molecular complexity index is 787. The van der Waals surface area contributed by atoms with Crippen LogP contribution in [-0.2, 0) is 16.1 Å². The molecule has 6 nitrogen and oxygen atoms in total. The van der Waals surface area contributed by atoms with Gasteiger partial charge < -0.3 is 14.5 Å². The lowest BCUT2D eigenvalue weighted by molar-refractivity contribution is -0.138. The Morgan fingerprint density at radius 2 is 2.03 bits per heavy atom. The molecule has 3 aliphatic heterocycles. The van der Waals surface area contributed by atoms with Crippen LogP contribution in [0.4, 0.5) is 4.39 Å². The molecule has 7 heteroatoms. The highest BCUT2D eigenvalue weighted by molar-refractivity contribution is 5.86. The Kier molecular flexibility index (Phi) is 5.76. The van der Waals surface area contributed by atoms with Gasteiger partial charge in [0.2, 0.25) is 11.8 Å². The number of ether oxygens (including phenoxy) is 1. The molecule has 1 aromatic carbocycles. The van der Waals surface area contributed by atoms with Crippen LogP contribution in [0.1, 0.15) is 37.7 Å². The van der Waals surface area contributed by atoms with Gasteiger partial charge in [0, 0.05) is 50.1 Å². The van der Waals surface area contributed by atoms with E-state index in [9.17, 15) is 14.0 Å². The van der Waals surface area contributed by atoms with Crippen molar-refractivity contribution in [2.75, 3.05) is 46.4 Å². The van der Waals surface area contributed by atoms with Crippen molar-refractivity contribution >= 4 is 11.8 Å². The molecule has 0 bridgehead atoms. The molecule has 1 atom stereocenters. The standard InChI is InChI=1S/C22H30FN3O3/c1-29-18-5-6-19(23)17(12-18)13-24-9-3-7-22(15-24)8-11-26(16-22)21(28)14-25-10-2-4-20(25)27/h5-6,12H,2-4,7-11,13-16H2,1H3. The largest absolute Gasteiger partial charge is 0.497 e. The number of hydrogen-bond acceptors (Lipinski definition) is 4. The van der Waals surface area contributed by atoms with E-state index < -0.39 is 0 Å². The second-order valence-electron chi connectivity index (χ2n) is 8.76. The molecule has 1 unspecified atom stereocenters. The zero-order valence-electron chi connectivity index (χ0n) is 17.2. The van der Waals surface area contributed by atoms with Crippen LogP contribution in [0.25, 0.3) is 0 Å². The molecule has 0 N–H and O–H groups in total. The topological polar surface area (TPSA) is 53.1 Å². The van der Waals surface area contributed by atoms with E-state index in [0.29, 0.717) is 30.8 Å². The molecular formula is C22H30FN3O3. The smallest absolute Gasteiger partial charge is 0.242 e. The first-order chi connectivity index (χ1) is 14.0. The Hall–Kier alpha value is -2.15. The van der Waals surface area contributed by atoms with Crippen LogP contribution in [0.15, 0.2) is 18.2 Å². The van der Waals surface area contributed by atoms with Crippen LogP contribution in [0.3, 0.4) is 0 Å². The summed E-state index contributed by atoms with van der Waals surface area (Å²) in [5.41, 5.74) is 0.734. The molecular weight excluding hydrogens is 373 g/mol. The van der Waals surface area contributed by atoms with Crippen molar-refractivity contribution in [2.24, 2.45) is 5.41 Å². The predicted molar refractivity (Wildman–Crippen MR) is 107 cm³/mol. The highest BCUT2D eigenvalue weighted by Crippen LogP contribution is 2.39. The molecule has 158 valence electrons. The van der Waals surface area contributed by atoms with Gasteiger partial charge in [-0.1, -0.05) is 0 Å². The molecule has 0 saturated carbocycles. The zero-order chi connectivity index (χ0) is 20.4. The number of piperidine rings is 1. The average molecular weight is 403 g/mol. The monoisotopic (exact) mass is 403 g/mol. The number of amides is 2. The first-order valence-electron chi connectivity index (χ1n) is 10.6. The van der Waals surface area contributed by atoms with Crippen LogP contribution in [0, 0.1) is 11.2 Å². The number of nitrogens with zero attached hydrogens (tertiary/aromatic N) is 3. The van der Waals surface area contributed by atoms with Crippen molar-refractivity contribution < 1.29 is 18.7 Å². The Balaban J connectivity index is 1.37. The number of carbonyl (C=O) groups is 2. The van der Waals surface area contributed by atoms with E-state index in [-0.39, 0.29) is 29.6 Å². The van der Waals surface area contributed by atoms with E-state index in [4.69, 9.17) is 4.74 Å². The van der Waals surface area contributed by atoms with Crippen LogP contribution in [0.2, 0.25) is 0 Å². The SMILES string of the molecule is COc1ccc(F)c(CN2CCCC3(CCN(C(=O)CN4CCCC4=O)C3)C2)c1. The van der Waals surface area contributed by atoms with Crippen molar-refractivity contribution in [3.63, 3.8) is 0 Å². The quantitative estimate of drug-likeness (QED) is 0.757. The maximum absolute atomic E-state index is 14.3. The molecule has 1 spiro atoms. The Labute approximate surface area is 171 Å². The third kappa shape index (κ3) is 4.39. The summed E-state index contributed by atoms with van der Waals surface area (Å²) in [6.07, 6.45) is 4.54. The minimum absolute atomic E-state index is 0.0630. The van der Waals surface area contributed by atoms with Crippen molar-refractivity contribution in [1.29, 1.82) is 0 Å². The number of likely N-dealkylation sites (tertiary alicyclic amines) is 3. The fourth-order valence-corrected chi connectivity index (χ4v) is 5.10. The molecule has 3 saturated heterocycles. The molecule has 4 rings (SSSR count). The van der Waals surface area contributed by atoms with Crippen LogP contribution < -0.4 is 4.74 Å². The first kappa shape index (κ1) is 20.1. The van der Waals surface area contributed by atoms with E-state index in [1.54, 1.807) is 24.1 Å². The van der Waals surface area contributed by atoms with Crippen molar-refractivity contribution in [3.8, 4) is 5.75 Å². The predicted octanol–water partition coefficient (Wildman–Crippen LogP) is 2.27. The van der Waals surface area contributed by atoms with Gasteiger partial charge >= 0.3 is 0 Å². The number of carbonyl (C=O) groups excluding carboxylic acids is 2. The van der Waals surface area contributed by atoms with E-state index in [1.807, 2.05) is 4.90 Å². The molecule has 3 heterocycles. The summed E-state index contributed by atoms with van der Waals surface area (Å²) < 4.78 is 19.5. The van der Waals surface area contributed by atoms with Gasteiger partial charge in [-0.15, -0.1) is 0 Å². The maximum atomic E-state index is 14.3. The van der Waals surface area contributed by atoms with E-state index >= 15 is 0 Å². The molecule has 3 aliphatic rings. The second-order valence-corrected chi connectivity index (χ2v) is 8.76. The number of hydrogen-bond donors (Lipinski definition) is 0. The van der Waals surface area contributed by atoms with Gasteiger partial charge in [0.1, 0.15) is 11.6 Å². The minimum Gasteiger partial charge on any atom is -0.497 e. The van der Waals surface area contributed by atoms with Crippen LogP contribution >= 0.6 is 0 Å². The van der Waals surface area contributed by atoms with Crippen LogP contribution in [0.5, 0.6) is 5.75 Å². The summed E-state index contributed by atoms with van der Waals surface area (Å²) in [6.45, 7) is 4.77. The number of methoxy groups -OCH3 is 1. The van der Waals surface area contributed by atoms with Crippen molar-refractivity contribution in [1.82, 2.24) is 14.7 Å². The van der Waals surface area contributed by atoms with Gasteiger partial charge in [-0.2, -0.15) is 0 Å². The fraction of sp³-hybridized carbons (Fsp3) is 0.636. The van der Waals surface area contributed by atoms with Crippen molar-refractivity contribution in [2.45, 2.75) is 38.6 Å². The lowest BCUT2D eigenvalue weighted by atomic mass is 9.79. The fourth-order valence-electron chi connectivity index (χ4n) is 5.10. The molecule has 29 heavy (non-hydrogen) atoms. The van der Waals surface area contributed by atoms with Gasteiger partial charge in [-0.3, -0.25) is 14.5 Å². The first-order valence-corrected chi connectivity index (χ1v) is 10.6. The third-order valence-corrected chi connectivity index (χ3v) is 6.68. The Morgan fingerprint density at radius 3 is 2.79 bits per heavy atom. The van der Waals surface area contributed by atoms with Gasteiger partial charge in [-0.25, -0.2) is 4.39 Å². The van der Waals surface area contributed by atoms with E-state index in [0.717, 1.165) is 51.9 Å². The number of rotatable bonds is 5. The summed E-state index contributed by atoms with van der Waals surface area (Å²) >= 11 is 0. The highest BCUT2D eigenvalue weighted by atomic mass is 19.1. The number of benzene rings is 1. The second kappa shape index (κ2) is 8.30. The van der Waals surface area contributed by atoms with Gasteiger partial charge in [-0.05, 0) is 50.4 Å². The van der Waals surface area contributed by atoms with Gasteiger partial charge in [0.25, 0.3) is 0 Å². The van der Waals surface area contributed by atoms with Gasteiger partial charge in [0.15, 0.2) is 0 Å². The molecule has 3 fully saturated rings. The molecule has 2 amide bonds. The third-order valence-electron chi connectivity index (χ3n) is 6.68. The van der Waals surface area contributed by atoms with Crippen molar-refractivity contribution in [3.05, 3.63) is 29.6 Å². The van der Waals surface area contributed by atoms with Crippen LogP contribution in [-0.4, -0.2) is 72.9 Å². The molecule has 0 aliphatic carbocycles. The normalized spacial score (nSPS) is 25.2. The highest BCUT2D eigenvalue weighted by Gasteiger charge is 2.43. The summed E-state index contributed by atoms with van der Waals surface area (Å²) in [7, 11) is 1.59. The zero-order valence-corrected chi connectivity index (χ0v) is 17.2. The average Bonchev–Trinajstić information content (AvgIpc) is 3.30. The summed E-state index contributed by atoms with van der Waals surface area (Å²) in [6, 6.07) is 4.87. The van der Waals surface area contributed by atoms with E-state index in [2.05, 4.69) is 4.90 Å². The summed E-state index contributed by atoms with van der Waals surface area (Å²) in [5, 5.41) is 0. The van der Waals surface area contributed by atoms with Gasteiger partial charge in [0.05, 0.1) is 13.7 Å². The molecule has 0 radical (unpaired) electrons. The lowest BCUT2D eigenvalue weighted by Crippen LogP contribution is -2.46. The summed E-state index contributed by atoms with van der Waals surface area (Å²) in [5.74, 6) is 0.621. The minimum atomic E-state index is -0.205. The van der Waals surface area contributed by atoms with E-state index in [1.165, 1.54) is 6.07 Å².